The summed E-state index contributed by atoms with van der Waals surface area (Å²) in [6, 6.07) is 0. The minimum Gasteiger partial charge on any atom is -0.311 e. The van der Waals surface area contributed by atoms with Gasteiger partial charge in [0.1, 0.15) is 0 Å². The molecule has 0 aliphatic carbocycles. The summed E-state index contributed by atoms with van der Waals surface area (Å²) < 4.78 is 1.93. The lowest BCUT2D eigenvalue weighted by Crippen LogP contribution is -2.27. The Kier molecular flexibility index (Phi) is 7.02. The smallest absolute Gasteiger partial charge is 0.0964 e. The first-order valence-corrected chi connectivity index (χ1v) is 7.25. The fourth-order valence-corrected chi connectivity index (χ4v) is 2.01. The zero-order valence-corrected chi connectivity index (χ0v) is 13.1. The number of hydrogen-bond donors (Lipinski definition) is 1. The van der Waals surface area contributed by atoms with Crippen LogP contribution < -0.4 is 5.32 Å². The van der Waals surface area contributed by atoms with Gasteiger partial charge in [0.25, 0.3) is 0 Å². The average Bonchev–Trinajstić information content (AvgIpc) is 2.73. The molecule has 1 rings (SSSR count). The molecular weight excluding hydrogens is 238 g/mol. The van der Waals surface area contributed by atoms with Crippen molar-refractivity contribution in [2.24, 2.45) is 11.8 Å². The molecule has 0 atom stereocenters. The van der Waals surface area contributed by atoms with E-state index in [1.807, 2.05) is 10.9 Å². The van der Waals surface area contributed by atoms with Crippen molar-refractivity contribution in [1.29, 1.82) is 0 Å². The Labute approximate surface area is 117 Å². The van der Waals surface area contributed by atoms with E-state index in [2.05, 4.69) is 55.3 Å². The standard InChI is InChI=1S/C14H29N5/c1-12(2)8-15-9-14-11-19(17-16-14)7-6-18(5)10-13(3)4/h11-13,15H,6-10H2,1-5H3. The summed E-state index contributed by atoms with van der Waals surface area (Å²) in [6.07, 6.45) is 2.04. The number of hydrogen-bond acceptors (Lipinski definition) is 4. The van der Waals surface area contributed by atoms with Crippen LogP contribution in [0.15, 0.2) is 6.20 Å². The number of rotatable bonds is 9. The molecule has 0 radical (unpaired) electrons. The van der Waals surface area contributed by atoms with Crippen molar-refractivity contribution in [2.75, 3.05) is 26.7 Å². The summed E-state index contributed by atoms with van der Waals surface area (Å²) in [4.78, 5) is 2.34. The Morgan fingerprint density at radius 1 is 1.26 bits per heavy atom. The highest BCUT2D eigenvalue weighted by Crippen LogP contribution is 1.98. The van der Waals surface area contributed by atoms with Crippen LogP contribution in [0.4, 0.5) is 0 Å². The van der Waals surface area contributed by atoms with Crippen LogP contribution in [0.25, 0.3) is 0 Å². The first-order valence-electron chi connectivity index (χ1n) is 7.25. The zero-order chi connectivity index (χ0) is 14.3. The fourth-order valence-electron chi connectivity index (χ4n) is 2.01. The second-order valence-electron chi connectivity index (χ2n) is 6.15. The van der Waals surface area contributed by atoms with Crippen LogP contribution in [0.2, 0.25) is 0 Å². The molecule has 0 aliphatic rings. The molecule has 0 aromatic carbocycles. The molecule has 5 nitrogen and oxygen atoms in total. The summed E-state index contributed by atoms with van der Waals surface area (Å²) in [5, 5.41) is 11.7. The van der Waals surface area contributed by atoms with Crippen molar-refractivity contribution in [3.63, 3.8) is 0 Å². The number of nitrogens with zero attached hydrogens (tertiary/aromatic N) is 4. The molecule has 1 aromatic heterocycles. The van der Waals surface area contributed by atoms with Gasteiger partial charge < -0.3 is 10.2 Å². The molecule has 1 heterocycles. The third kappa shape index (κ3) is 7.28. The second kappa shape index (κ2) is 8.27. The Hall–Kier alpha value is -0.940. The molecule has 0 saturated carbocycles. The maximum Gasteiger partial charge on any atom is 0.0964 e. The monoisotopic (exact) mass is 267 g/mol. The summed E-state index contributed by atoms with van der Waals surface area (Å²) in [5.74, 6) is 1.37. The maximum absolute atomic E-state index is 4.18. The lowest BCUT2D eigenvalue weighted by Gasteiger charge is -2.18. The van der Waals surface area contributed by atoms with Gasteiger partial charge in [-0.05, 0) is 25.4 Å². The number of nitrogens with one attached hydrogen (secondary N) is 1. The first kappa shape index (κ1) is 16.1. The van der Waals surface area contributed by atoms with E-state index in [1.165, 1.54) is 0 Å². The molecule has 5 heteroatoms. The van der Waals surface area contributed by atoms with Gasteiger partial charge in [0.15, 0.2) is 0 Å². The van der Waals surface area contributed by atoms with Crippen LogP contribution >= 0.6 is 0 Å². The number of aromatic nitrogens is 3. The van der Waals surface area contributed by atoms with Gasteiger partial charge in [-0.2, -0.15) is 0 Å². The molecule has 0 spiro atoms. The van der Waals surface area contributed by atoms with Crippen LogP contribution in [0.1, 0.15) is 33.4 Å². The van der Waals surface area contributed by atoms with Gasteiger partial charge in [-0.15, -0.1) is 5.10 Å². The van der Waals surface area contributed by atoms with Gasteiger partial charge in [0.05, 0.1) is 12.2 Å². The molecule has 0 unspecified atom stereocenters. The van der Waals surface area contributed by atoms with Gasteiger partial charge in [-0.3, -0.25) is 4.68 Å². The van der Waals surface area contributed by atoms with Crippen LogP contribution in [-0.4, -0.2) is 46.6 Å². The third-order valence-corrected chi connectivity index (χ3v) is 2.83. The van der Waals surface area contributed by atoms with E-state index >= 15 is 0 Å². The minimum atomic E-state index is 0.666. The second-order valence-corrected chi connectivity index (χ2v) is 6.15. The van der Waals surface area contributed by atoms with Crippen LogP contribution in [0.5, 0.6) is 0 Å². The van der Waals surface area contributed by atoms with E-state index in [0.29, 0.717) is 11.8 Å². The zero-order valence-electron chi connectivity index (χ0n) is 13.1. The normalized spacial score (nSPS) is 12.0. The minimum absolute atomic E-state index is 0.666. The predicted octanol–water partition coefficient (Wildman–Crippen LogP) is 1.61. The average molecular weight is 267 g/mol. The maximum atomic E-state index is 4.18. The van der Waals surface area contributed by atoms with Crippen molar-refractivity contribution in [2.45, 2.75) is 40.8 Å². The van der Waals surface area contributed by atoms with Gasteiger partial charge in [0.2, 0.25) is 0 Å². The summed E-state index contributed by atoms with van der Waals surface area (Å²) in [7, 11) is 2.15. The van der Waals surface area contributed by atoms with Crippen molar-refractivity contribution < 1.29 is 0 Å². The summed E-state index contributed by atoms with van der Waals surface area (Å²) in [6.45, 7) is 13.8. The highest BCUT2D eigenvalue weighted by atomic mass is 15.4. The molecule has 0 bridgehead atoms. The molecular formula is C14H29N5. The van der Waals surface area contributed by atoms with Crippen molar-refractivity contribution in [3.8, 4) is 0 Å². The van der Waals surface area contributed by atoms with Gasteiger partial charge in [-0.1, -0.05) is 32.9 Å². The van der Waals surface area contributed by atoms with Gasteiger partial charge in [-0.25, -0.2) is 0 Å². The highest BCUT2D eigenvalue weighted by Gasteiger charge is 2.04. The number of likely N-dealkylation sites (N-methyl/N-ethyl adjacent to an activating group) is 1. The first-order chi connectivity index (χ1) is 8.97. The molecule has 19 heavy (non-hydrogen) atoms. The Bertz CT molecular complexity index is 345. The Balaban J connectivity index is 2.26. The SMILES string of the molecule is CC(C)CNCc1cn(CCN(C)CC(C)C)nn1. The van der Waals surface area contributed by atoms with Crippen molar-refractivity contribution in [3.05, 3.63) is 11.9 Å². The van der Waals surface area contributed by atoms with Crippen molar-refractivity contribution in [1.82, 2.24) is 25.2 Å². The third-order valence-electron chi connectivity index (χ3n) is 2.83. The molecule has 0 saturated heterocycles. The van der Waals surface area contributed by atoms with Crippen LogP contribution in [0, 0.1) is 11.8 Å². The molecule has 1 N–H and O–H groups in total. The van der Waals surface area contributed by atoms with E-state index < -0.39 is 0 Å². The van der Waals surface area contributed by atoms with Crippen LogP contribution in [-0.2, 0) is 13.1 Å². The topological polar surface area (TPSA) is 46.0 Å². The highest BCUT2D eigenvalue weighted by molar-refractivity contribution is 4.91. The molecule has 1 aromatic rings. The van der Waals surface area contributed by atoms with Gasteiger partial charge in [0, 0.05) is 25.8 Å². The molecule has 0 amide bonds. The van der Waals surface area contributed by atoms with Crippen LogP contribution in [0.3, 0.4) is 0 Å². The molecule has 110 valence electrons. The summed E-state index contributed by atoms with van der Waals surface area (Å²) >= 11 is 0. The van der Waals surface area contributed by atoms with E-state index in [-0.39, 0.29) is 0 Å². The van der Waals surface area contributed by atoms with E-state index in [1.54, 1.807) is 0 Å². The lowest BCUT2D eigenvalue weighted by molar-refractivity contribution is 0.278. The quantitative estimate of drug-likeness (QED) is 0.738. The van der Waals surface area contributed by atoms with Crippen molar-refractivity contribution >= 4 is 0 Å². The predicted molar refractivity (Wildman–Crippen MR) is 78.9 cm³/mol. The molecule has 0 aliphatic heterocycles. The Morgan fingerprint density at radius 3 is 2.63 bits per heavy atom. The molecule has 0 fully saturated rings. The fraction of sp³-hybridized carbons (Fsp3) is 0.857. The van der Waals surface area contributed by atoms with Gasteiger partial charge >= 0.3 is 0 Å². The van der Waals surface area contributed by atoms with E-state index in [4.69, 9.17) is 0 Å². The summed E-state index contributed by atoms with van der Waals surface area (Å²) in [5.41, 5.74) is 1.02. The largest absolute Gasteiger partial charge is 0.311 e. The van der Waals surface area contributed by atoms with E-state index in [0.717, 1.165) is 38.4 Å². The van der Waals surface area contributed by atoms with E-state index in [9.17, 15) is 0 Å². The Morgan fingerprint density at radius 2 is 2.00 bits per heavy atom. The lowest BCUT2D eigenvalue weighted by atomic mass is 10.2.